The smallest absolute Gasteiger partial charge is 0.190 e. The molecule has 48 heavy (non-hydrogen) atoms. The van der Waals surface area contributed by atoms with Crippen molar-refractivity contribution < 1.29 is 47.8 Å². The van der Waals surface area contributed by atoms with E-state index in [-0.39, 0.29) is 66.0 Å². The highest BCUT2D eigenvalue weighted by atomic mass is 16.9. The molecule has 2 aliphatic carbocycles. The molecule has 6 aliphatic rings. The Hall–Kier alpha value is -2.25. The SMILES string of the molecule is C.C.C.C.CC1(C)O[C@H]2OC3(CC(=O)C3)[C@H](OCc3ccccc3)[C@H]2O1.CC1(C)O[C@H]2OC3(CC(O)C3)[C@H](OCc3ccccc3)[C@H]2O1. The van der Waals surface area contributed by atoms with E-state index in [1.54, 1.807) is 0 Å². The Morgan fingerprint density at radius 2 is 1.02 bits per heavy atom. The molecule has 0 bridgehead atoms. The molecule has 4 aliphatic heterocycles. The van der Waals surface area contributed by atoms with Crippen molar-refractivity contribution in [3.63, 3.8) is 0 Å². The minimum Gasteiger partial charge on any atom is -0.393 e. The maximum absolute atomic E-state index is 11.5. The molecule has 10 heteroatoms. The molecule has 1 N–H and O–H groups in total. The van der Waals surface area contributed by atoms with Crippen LogP contribution in [0.25, 0.3) is 0 Å². The standard InChI is InChI=1S/C17H22O5.C17H20O5.4CH4/c2*1-16(2)20-13-14(19-10-11-6-4-3-5-7-11)17(8-12(18)9-17)22-15(13)21-16;;;;/h3-7,12-15,18H,8-10H2,1-2H3;3-7,13-15H,8-10H2,1-2H3;4*1H4/t12?,13-,14-,15+,17?;13-,14-,15+;;;;/m11..../s1. The Labute approximate surface area is 287 Å². The molecule has 0 radical (unpaired) electrons. The van der Waals surface area contributed by atoms with Gasteiger partial charge in [0.05, 0.1) is 19.3 Å². The summed E-state index contributed by atoms with van der Waals surface area (Å²) in [6, 6.07) is 20.0. The number of ketones is 1. The van der Waals surface area contributed by atoms with Gasteiger partial charge in [-0.05, 0) is 38.8 Å². The zero-order chi connectivity index (χ0) is 30.7. The lowest BCUT2D eigenvalue weighted by molar-refractivity contribution is -0.274. The summed E-state index contributed by atoms with van der Waals surface area (Å²) in [6.07, 6.45) is -0.307. The molecule has 10 nitrogen and oxygen atoms in total. The van der Waals surface area contributed by atoms with Crippen molar-refractivity contribution >= 4 is 5.78 Å². The number of Topliss-reactive ketones (excluding diaryl/α,β-unsaturated/α-hetero) is 1. The predicted molar refractivity (Wildman–Crippen MR) is 182 cm³/mol. The topological polar surface area (TPSA) is 111 Å². The van der Waals surface area contributed by atoms with E-state index < -0.39 is 35.4 Å². The molecule has 6 fully saturated rings. The Bertz CT molecular complexity index is 1320. The highest BCUT2D eigenvalue weighted by Crippen LogP contribution is 2.53. The molecule has 4 saturated heterocycles. The number of fused-ring (bicyclic) bond motifs is 2. The first-order valence-electron chi connectivity index (χ1n) is 15.5. The molecule has 2 aromatic carbocycles. The summed E-state index contributed by atoms with van der Waals surface area (Å²) in [5.74, 6) is -1.14. The number of rotatable bonds is 6. The largest absolute Gasteiger partial charge is 0.393 e. The van der Waals surface area contributed by atoms with Gasteiger partial charge >= 0.3 is 0 Å². The van der Waals surface area contributed by atoms with Gasteiger partial charge in [-0.2, -0.15) is 0 Å². The van der Waals surface area contributed by atoms with Crippen LogP contribution >= 0.6 is 0 Å². The lowest BCUT2D eigenvalue weighted by Gasteiger charge is -2.46. The first kappa shape index (κ1) is 40.2. The van der Waals surface area contributed by atoms with E-state index in [0.717, 1.165) is 11.1 Å². The first-order chi connectivity index (χ1) is 20.9. The Balaban J connectivity index is 0.000000240. The monoisotopic (exact) mass is 674 g/mol. The molecule has 2 aromatic rings. The fraction of sp³-hybridized carbons (Fsp3) is 0.658. The third-order valence-electron chi connectivity index (χ3n) is 9.21. The summed E-state index contributed by atoms with van der Waals surface area (Å²) in [5, 5.41) is 9.73. The van der Waals surface area contributed by atoms with E-state index in [1.807, 2.05) is 88.4 Å². The van der Waals surface area contributed by atoms with Crippen LogP contribution < -0.4 is 0 Å². The average Bonchev–Trinajstić information content (AvgIpc) is 3.59. The maximum atomic E-state index is 11.5. The van der Waals surface area contributed by atoms with Crippen LogP contribution in [0, 0.1) is 0 Å². The van der Waals surface area contributed by atoms with Crippen LogP contribution in [0.3, 0.4) is 0 Å². The van der Waals surface area contributed by atoms with E-state index in [1.165, 1.54) is 0 Å². The van der Waals surface area contributed by atoms with E-state index in [9.17, 15) is 9.90 Å². The molecule has 0 aromatic heterocycles. The third-order valence-corrected chi connectivity index (χ3v) is 9.21. The fourth-order valence-corrected chi connectivity index (χ4v) is 7.28. The minimum absolute atomic E-state index is 0. The zero-order valence-electron chi connectivity index (χ0n) is 25.7. The summed E-state index contributed by atoms with van der Waals surface area (Å²) in [4.78, 5) is 11.5. The second kappa shape index (κ2) is 14.9. The predicted octanol–water partition coefficient (Wildman–Crippen LogP) is 6.70. The summed E-state index contributed by atoms with van der Waals surface area (Å²) < 4.78 is 47.9. The van der Waals surface area contributed by atoms with Gasteiger partial charge in [0.15, 0.2) is 24.2 Å². The summed E-state index contributed by atoms with van der Waals surface area (Å²) >= 11 is 0. The number of aliphatic hydroxyl groups is 1. The lowest BCUT2D eigenvalue weighted by Crippen LogP contribution is -2.57. The van der Waals surface area contributed by atoms with Gasteiger partial charge in [-0.3, -0.25) is 4.79 Å². The van der Waals surface area contributed by atoms with Gasteiger partial charge in [0, 0.05) is 25.7 Å². The molecule has 2 spiro atoms. The van der Waals surface area contributed by atoms with Gasteiger partial charge in [0.25, 0.3) is 0 Å². The second-order valence-corrected chi connectivity index (χ2v) is 13.7. The number of benzene rings is 2. The third kappa shape index (κ3) is 7.72. The van der Waals surface area contributed by atoms with Crippen molar-refractivity contribution in [1.82, 2.24) is 0 Å². The highest BCUT2D eigenvalue weighted by Gasteiger charge is 2.67. The first-order valence-corrected chi connectivity index (χ1v) is 15.5. The Morgan fingerprint density at radius 1 is 0.625 bits per heavy atom. The molecule has 8 rings (SSSR count). The number of carbonyl (C=O) groups excluding carboxylic acids is 1. The van der Waals surface area contributed by atoms with Crippen molar-refractivity contribution in [3.05, 3.63) is 71.8 Å². The molecule has 0 amide bonds. The number of hydrogen-bond donors (Lipinski definition) is 1. The van der Waals surface area contributed by atoms with Crippen LogP contribution in [-0.4, -0.2) is 76.8 Å². The number of carbonyl (C=O) groups is 1. The van der Waals surface area contributed by atoms with Crippen LogP contribution in [0.2, 0.25) is 0 Å². The summed E-state index contributed by atoms with van der Waals surface area (Å²) in [7, 11) is 0. The fourth-order valence-electron chi connectivity index (χ4n) is 7.28. The normalized spacial score (nSPS) is 35.3. The molecule has 270 valence electrons. The van der Waals surface area contributed by atoms with Gasteiger partial charge < -0.3 is 43.0 Å². The number of ether oxygens (including phenoxy) is 8. The molecular formula is C38H58O10. The highest BCUT2D eigenvalue weighted by molar-refractivity contribution is 5.87. The lowest BCUT2D eigenvalue weighted by atomic mass is 9.73. The van der Waals surface area contributed by atoms with Gasteiger partial charge in [0.2, 0.25) is 0 Å². The van der Waals surface area contributed by atoms with Crippen molar-refractivity contribution in [2.24, 2.45) is 0 Å². The van der Waals surface area contributed by atoms with E-state index in [4.69, 9.17) is 37.9 Å². The van der Waals surface area contributed by atoms with Crippen molar-refractivity contribution in [1.29, 1.82) is 0 Å². The molecule has 2 saturated carbocycles. The number of hydrogen-bond acceptors (Lipinski definition) is 10. The molecular weight excluding hydrogens is 616 g/mol. The van der Waals surface area contributed by atoms with E-state index in [0.29, 0.717) is 38.9 Å². The number of aliphatic hydroxyl groups excluding tert-OH is 1. The maximum Gasteiger partial charge on any atom is 0.190 e. The van der Waals surface area contributed by atoms with Gasteiger partial charge in [0.1, 0.15) is 41.4 Å². The van der Waals surface area contributed by atoms with Gasteiger partial charge in [-0.15, -0.1) is 0 Å². The molecule has 6 atom stereocenters. The van der Waals surface area contributed by atoms with E-state index in [2.05, 4.69) is 0 Å². The summed E-state index contributed by atoms with van der Waals surface area (Å²) in [6.45, 7) is 8.46. The zero-order valence-corrected chi connectivity index (χ0v) is 25.7. The molecule has 0 unspecified atom stereocenters. The van der Waals surface area contributed by atoms with Crippen molar-refractivity contribution in [2.75, 3.05) is 0 Å². The van der Waals surface area contributed by atoms with Crippen LogP contribution in [-0.2, 0) is 55.9 Å². The minimum atomic E-state index is -0.681. The molecule has 4 heterocycles. The van der Waals surface area contributed by atoms with Gasteiger partial charge in [-0.25, -0.2) is 0 Å². The van der Waals surface area contributed by atoms with Crippen molar-refractivity contribution in [2.45, 2.75) is 162 Å². The van der Waals surface area contributed by atoms with Crippen LogP contribution in [0.5, 0.6) is 0 Å². The Kier molecular flexibility index (Phi) is 12.5. The van der Waals surface area contributed by atoms with Gasteiger partial charge in [-0.1, -0.05) is 90.4 Å². The second-order valence-electron chi connectivity index (χ2n) is 13.7. The van der Waals surface area contributed by atoms with Crippen LogP contribution in [0.4, 0.5) is 0 Å². The van der Waals surface area contributed by atoms with Crippen LogP contribution in [0.1, 0.15) is 94.2 Å². The van der Waals surface area contributed by atoms with E-state index >= 15 is 0 Å². The quantitative estimate of drug-likeness (QED) is 0.356. The Morgan fingerprint density at radius 3 is 1.42 bits per heavy atom. The van der Waals surface area contributed by atoms with Crippen LogP contribution in [0.15, 0.2) is 60.7 Å². The average molecular weight is 675 g/mol. The summed E-state index contributed by atoms with van der Waals surface area (Å²) in [5.41, 5.74) is 1.15. The van der Waals surface area contributed by atoms with Crippen molar-refractivity contribution in [3.8, 4) is 0 Å².